The van der Waals surface area contributed by atoms with Crippen LogP contribution in [0.1, 0.15) is 30.7 Å². The van der Waals surface area contributed by atoms with E-state index in [0.29, 0.717) is 37.4 Å². The number of carbonyl (C=O) groups excluding carboxylic acids is 2. The second kappa shape index (κ2) is 14.4. The third-order valence-electron chi connectivity index (χ3n) is 7.96. The molecular weight excluding hydrogens is 682 g/mol. The molecule has 1 aliphatic carbocycles. The number of nitrogens with one attached hydrogen (secondary N) is 1. The number of pyridine rings is 1. The van der Waals surface area contributed by atoms with E-state index in [9.17, 15) is 37.3 Å². The number of carbonyl (C=O) groups is 3. The van der Waals surface area contributed by atoms with E-state index in [1.54, 1.807) is 50.9 Å². The largest absolute Gasteiger partial charge is 1.00 e. The molecule has 250 valence electrons. The topological polar surface area (TPSA) is 191 Å². The smallest absolute Gasteiger partial charge is 1.00 e. The van der Waals surface area contributed by atoms with Crippen molar-refractivity contribution in [2.24, 2.45) is 5.10 Å². The van der Waals surface area contributed by atoms with Crippen LogP contribution in [0.25, 0.3) is 10.9 Å². The first kappa shape index (κ1) is 35.6. The minimum Gasteiger partial charge on any atom is -1.00 e. The van der Waals surface area contributed by atoms with Gasteiger partial charge in [0.05, 0.1) is 29.8 Å². The predicted molar refractivity (Wildman–Crippen MR) is 170 cm³/mol. The minimum atomic E-state index is -4.90. The zero-order valence-electron chi connectivity index (χ0n) is 26.6. The number of amides is 2. The molecule has 0 spiro atoms. The molecule has 2 amide bonds. The Kier molecular flexibility index (Phi) is 10.7. The van der Waals surface area contributed by atoms with Gasteiger partial charge in [0, 0.05) is 30.7 Å². The molecule has 0 bridgehead atoms. The standard InChI is InChI=1S/C29H29FN6O9S2.Na.H/c30-21-12-19-22(35(17-6-7-17)14-20(26(19)38)29(40)41)13-23(21)33-8-10-34(11-9-33)31-16-46-28-25(27(39)36(28)47(42,43)44)32-24(37)15-45-18-4-2-1-3-5-18;;/h1-5,12-14,16-17,25,28H,6-11,15H2,(H,32,37)(H,40,41)(H,42,43,44);;/q;+1;-1/t25-,28?;;/m0../s1. The Bertz CT molecular complexity index is 1940. The van der Waals surface area contributed by atoms with Crippen LogP contribution >= 0.6 is 11.8 Å². The molecule has 6 rings (SSSR count). The molecule has 2 atom stereocenters. The van der Waals surface area contributed by atoms with Crippen LogP contribution in [0.3, 0.4) is 0 Å². The number of thioether (sulfide) groups is 1. The van der Waals surface area contributed by atoms with Crippen molar-refractivity contribution < 1.29 is 72.6 Å². The number of hydrogen-bond donors (Lipinski definition) is 3. The van der Waals surface area contributed by atoms with E-state index in [1.807, 2.05) is 0 Å². The molecule has 1 unspecified atom stereocenters. The molecule has 2 aromatic carbocycles. The first-order chi connectivity index (χ1) is 22.4. The van der Waals surface area contributed by atoms with Crippen molar-refractivity contribution in [1.29, 1.82) is 0 Å². The van der Waals surface area contributed by atoms with Crippen molar-refractivity contribution in [3.8, 4) is 5.75 Å². The van der Waals surface area contributed by atoms with Crippen molar-refractivity contribution in [1.82, 2.24) is 19.2 Å². The summed E-state index contributed by atoms with van der Waals surface area (Å²) in [5.41, 5.74) is 0.879. The fourth-order valence-corrected chi connectivity index (χ4v) is 7.52. The molecule has 3 heterocycles. The number of aromatic nitrogens is 1. The molecule has 2 aliphatic heterocycles. The summed E-state index contributed by atoms with van der Waals surface area (Å²) in [6.45, 7) is 0.930. The van der Waals surface area contributed by atoms with E-state index in [4.69, 9.17) is 4.74 Å². The van der Waals surface area contributed by atoms with Crippen LogP contribution in [0, 0.1) is 5.82 Å². The van der Waals surface area contributed by atoms with Gasteiger partial charge in [-0.25, -0.2) is 9.18 Å². The summed E-state index contributed by atoms with van der Waals surface area (Å²) in [5.74, 6) is -3.28. The number of benzene rings is 2. The maximum Gasteiger partial charge on any atom is 1.00 e. The Morgan fingerprint density at radius 2 is 1.81 bits per heavy atom. The molecule has 15 nitrogen and oxygen atoms in total. The number of ether oxygens (including phenoxy) is 1. The van der Waals surface area contributed by atoms with Gasteiger partial charge < -0.3 is 26.1 Å². The van der Waals surface area contributed by atoms with Gasteiger partial charge in [-0.05, 0) is 37.1 Å². The van der Waals surface area contributed by atoms with Gasteiger partial charge in [-0.1, -0.05) is 30.0 Å². The van der Waals surface area contributed by atoms with E-state index in [-0.39, 0.29) is 52.4 Å². The zero-order chi connectivity index (χ0) is 33.5. The third kappa shape index (κ3) is 7.47. The quantitative estimate of drug-likeness (QED) is 0.0696. The fourth-order valence-electron chi connectivity index (χ4n) is 5.45. The molecule has 3 aromatic rings. The molecular formula is C29H30FN6NaO9S2. The fraction of sp³-hybridized carbons (Fsp3) is 0.345. The van der Waals surface area contributed by atoms with Gasteiger partial charge >= 0.3 is 45.8 Å². The Morgan fingerprint density at radius 1 is 1.12 bits per heavy atom. The van der Waals surface area contributed by atoms with Crippen molar-refractivity contribution in [3.63, 3.8) is 0 Å². The monoisotopic (exact) mass is 712 g/mol. The minimum absolute atomic E-state index is 0. The van der Waals surface area contributed by atoms with Crippen LogP contribution < -0.4 is 49.9 Å². The average molecular weight is 713 g/mol. The van der Waals surface area contributed by atoms with E-state index >= 15 is 4.39 Å². The number of hydrazone groups is 1. The summed E-state index contributed by atoms with van der Waals surface area (Å²) in [6, 6.07) is 9.92. The van der Waals surface area contributed by atoms with Crippen LogP contribution in [0.15, 0.2) is 58.6 Å². The molecule has 19 heteroatoms. The number of piperazine rings is 1. The number of nitrogens with zero attached hydrogens (tertiary/aromatic N) is 5. The second-order valence-corrected chi connectivity index (χ2v) is 13.3. The molecule has 0 radical (unpaired) electrons. The predicted octanol–water partition coefficient (Wildman–Crippen LogP) is -1.38. The Labute approximate surface area is 301 Å². The Morgan fingerprint density at radius 3 is 2.44 bits per heavy atom. The van der Waals surface area contributed by atoms with E-state index in [1.165, 1.54) is 11.7 Å². The number of carboxylic acids is 1. The van der Waals surface area contributed by atoms with Crippen LogP contribution in [0.2, 0.25) is 0 Å². The van der Waals surface area contributed by atoms with Gasteiger partial charge in [0.25, 0.3) is 11.8 Å². The SMILES string of the molecule is O=C(COc1ccccc1)N[C@H]1C(=O)N(S(=O)(=O)O)C1SC=NN1CCN(c2cc3c(cc2F)c(=O)c(C(=O)O)cn3C2CC2)CC1.[H-].[Na+]. The third-order valence-corrected chi connectivity index (χ3v) is 9.97. The van der Waals surface area contributed by atoms with E-state index in [2.05, 4.69) is 10.4 Å². The molecule has 48 heavy (non-hydrogen) atoms. The second-order valence-electron chi connectivity index (χ2n) is 11.1. The number of rotatable bonds is 11. The molecule has 1 aromatic heterocycles. The van der Waals surface area contributed by atoms with Crippen LogP contribution in [0.4, 0.5) is 10.1 Å². The molecule has 3 N–H and O–H groups in total. The summed E-state index contributed by atoms with van der Waals surface area (Å²) in [7, 11) is -4.90. The summed E-state index contributed by atoms with van der Waals surface area (Å²) in [5, 5.41) is 16.7. The van der Waals surface area contributed by atoms with Crippen molar-refractivity contribution in [2.45, 2.75) is 30.3 Å². The van der Waals surface area contributed by atoms with Gasteiger partial charge in [-0.2, -0.15) is 17.8 Å². The maximum absolute atomic E-state index is 15.3. The summed E-state index contributed by atoms with van der Waals surface area (Å²) >= 11 is 0.805. The average Bonchev–Trinajstić information content (AvgIpc) is 3.88. The number of hydrogen-bond acceptors (Lipinski definition) is 11. The summed E-state index contributed by atoms with van der Waals surface area (Å²) in [6.07, 6.45) is 2.97. The van der Waals surface area contributed by atoms with Crippen molar-refractivity contribution in [3.05, 3.63) is 70.3 Å². The molecule has 2 saturated heterocycles. The van der Waals surface area contributed by atoms with Crippen LogP contribution in [-0.2, 0) is 19.9 Å². The van der Waals surface area contributed by atoms with Gasteiger partial charge in [0.15, 0.2) is 6.61 Å². The first-order valence-electron chi connectivity index (χ1n) is 14.5. The Balaban J connectivity index is 0.00000270. The van der Waals surface area contributed by atoms with E-state index in [0.717, 1.165) is 30.7 Å². The zero-order valence-corrected chi connectivity index (χ0v) is 29.2. The van der Waals surface area contributed by atoms with Gasteiger partial charge in [-0.3, -0.25) is 23.9 Å². The number of aromatic carboxylic acids is 1. The van der Waals surface area contributed by atoms with Crippen molar-refractivity contribution >= 4 is 62.0 Å². The Hall–Kier alpha value is -3.68. The molecule has 3 fully saturated rings. The number of fused-ring (bicyclic) bond motifs is 1. The summed E-state index contributed by atoms with van der Waals surface area (Å²) in [4.78, 5) is 51.1. The molecule has 1 saturated carbocycles. The van der Waals surface area contributed by atoms with E-state index < -0.39 is 62.9 Å². The van der Waals surface area contributed by atoms with Gasteiger partial charge in [0.2, 0.25) is 5.43 Å². The van der Waals surface area contributed by atoms with Crippen LogP contribution in [0.5, 0.6) is 5.75 Å². The number of β-lactam (4-membered cyclic amide) rings is 1. The number of carboxylic acid groups (broad SMARTS) is 1. The first-order valence-corrected chi connectivity index (χ1v) is 16.8. The van der Waals surface area contributed by atoms with Gasteiger partial charge in [-0.15, -0.1) is 0 Å². The number of anilines is 1. The van der Waals surface area contributed by atoms with Gasteiger partial charge in [0.1, 0.15) is 28.5 Å². The number of para-hydroxylation sites is 1. The number of halogens is 1. The van der Waals surface area contributed by atoms with Crippen molar-refractivity contribution in [2.75, 3.05) is 37.7 Å². The maximum atomic E-state index is 15.3. The molecule has 3 aliphatic rings. The normalized spacial score (nSPS) is 19.6. The van der Waals surface area contributed by atoms with Crippen LogP contribution in [-0.4, -0.2) is 99.5 Å². The summed E-state index contributed by atoms with van der Waals surface area (Å²) < 4.78 is 55.8.